The van der Waals surface area contributed by atoms with Crippen molar-refractivity contribution in [2.75, 3.05) is 6.79 Å². The number of nitrogens with one attached hydrogen (secondary N) is 1. The summed E-state index contributed by atoms with van der Waals surface area (Å²) < 4.78 is 12.5. The molecule has 0 fully saturated rings. The molecule has 7 heteroatoms. The lowest BCUT2D eigenvalue weighted by Crippen LogP contribution is -2.29. The minimum absolute atomic E-state index is 0.144. The van der Waals surface area contributed by atoms with E-state index in [2.05, 4.69) is 10.3 Å². The molecule has 1 unspecified atom stereocenters. The molecule has 0 radical (unpaired) electrons. The number of amides is 1. The van der Waals surface area contributed by atoms with Crippen molar-refractivity contribution < 1.29 is 14.3 Å². The van der Waals surface area contributed by atoms with E-state index >= 15 is 0 Å². The molecular weight excluding hydrogens is 378 g/mol. The summed E-state index contributed by atoms with van der Waals surface area (Å²) >= 11 is 6.19. The van der Waals surface area contributed by atoms with E-state index in [0.717, 1.165) is 17.0 Å². The highest BCUT2D eigenvalue weighted by molar-refractivity contribution is 6.32. The Labute approximate surface area is 167 Å². The number of halogens is 1. The monoisotopic (exact) mass is 395 g/mol. The summed E-state index contributed by atoms with van der Waals surface area (Å²) in [7, 11) is 1.90. The Kier molecular flexibility index (Phi) is 5.04. The minimum atomic E-state index is -0.362. The van der Waals surface area contributed by atoms with Crippen LogP contribution in [-0.4, -0.2) is 22.3 Å². The number of hydrogen-bond donors (Lipinski definition) is 1. The second-order valence-corrected chi connectivity index (χ2v) is 6.73. The lowest BCUT2D eigenvalue weighted by atomic mass is 10.1. The maximum absolute atomic E-state index is 12.6. The van der Waals surface area contributed by atoms with Crippen LogP contribution in [0.4, 0.5) is 0 Å². The quantitative estimate of drug-likeness (QED) is 0.669. The van der Waals surface area contributed by atoms with Crippen molar-refractivity contribution in [2.24, 2.45) is 7.05 Å². The summed E-state index contributed by atoms with van der Waals surface area (Å²) in [6.07, 6.45) is 6.71. The van der Waals surface area contributed by atoms with E-state index in [1.54, 1.807) is 24.4 Å². The molecule has 28 heavy (non-hydrogen) atoms. The van der Waals surface area contributed by atoms with Gasteiger partial charge in [-0.25, -0.2) is 4.98 Å². The highest BCUT2D eigenvalue weighted by atomic mass is 35.5. The number of ether oxygens (including phenoxy) is 2. The van der Waals surface area contributed by atoms with Crippen molar-refractivity contribution in [1.29, 1.82) is 0 Å². The molecule has 2 heterocycles. The van der Waals surface area contributed by atoms with Crippen molar-refractivity contribution in [3.8, 4) is 11.5 Å². The average molecular weight is 396 g/mol. The van der Waals surface area contributed by atoms with Gasteiger partial charge in [-0.1, -0.05) is 41.9 Å². The average Bonchev–Trinajstić information content (AvgIpc) is 3.34. The molecule has 2 aromatic carbocycles. The molecule has 0 spiro atoms. The van der Waals surface area contributed by atoms with E-state index in [1.807, 2.05) is 48.1 Å². The largest absolute Gasteiger partial charge is 0.454 e. The zero-order valence-corrected chi connectivity index (χ0v) is 15.9. The number of fused-ring (bicyclic) bond motifs is 1. The molecule has 0 saturated heterocycles. The zero-order chi connectivity index (χ0) is 19.5. The number of benzene rings is 2. The van der Waals surface area contributed by atoms with E-state index in [4.69, 9.17) is 21.1 Å². The van der Waals surface area contributed by atoms with Gasteiger partial charge in [0.05, 0.1) is 5.02 Å². The van der Waals surface area contributed by atoms with Gasteiger partial charge in [0.25, 0.3) is 0 Å². The Balaban J connectivity index is 1.55. The van der Waals surface area contributed by atoms with Crippen LogP contribution in [0.25, 0.3) is 6.08 Å². The lowest BCUT2D eigenvalue weighted by molar-refractivity contribution is -0.117. The molecule has 3 aromatic rings. The summed E-state index contributed by atoms with van der Waals surface area (Å²) in [6.45, 7) is 0.144. The summed E-state index contributed by atoms with van der Waals surface area (Å²) in [5, 5.41) is 3.47. The number of imidazole rings is 1. The topological polar surface area (TPSA) is 65.4 Å². The van der Waals surface area contributed by atoms with Gasteiger partial charge in [0.1, 0.15) is 11.9 Å². The fourth-order valence-electron chi connectivity index (χ4n) is 3.04. The van der Waals surface area contributed by atoms with Gasteiger partial charge in [0.15, 0.2) is 11.5 Å². The molecule has 1 N–H and O–H groups in total. The first-order valence-electron chi connectivity index (χ1n) is 8.71. The van der Waals surface area contributed by atoms with Crippen LogP contribution in [0, 0.1) is 0 Å². The molecule has 6 nitrogen and oxygen atoms in total. The predicted octanol–water partition coefficient (Wildman–Crippen LogP) is 3.72. The van der Waals surface area contributed by atoms with Gasteiger partial charge in [-0.3, -0.25) is 4.79 Å². The second kappa shape index (κ2) is 7.78. The third kappa shape index (κ3) is 3.73. The SMILES string of the molecule is Cn1ccnc1C(NC(=O)/C=C/c1cc(Cl)c2c(c1)OCO2)c1ccccc1. The first-order valence-corrected chi connectivity index (χ1v) is 9.09. The number of hydrogen-bond acceptors (Lipinski definition) is 4. The zero-order valence-electron chi connectivity index (χ0n) is 15.1. The van der Waals surface area contributed by atoms with Crippen LogP contribution in [0.5, 0.6) is 11.5 Å². The van der Waals surface area contributed by atoms with Crippen LogP contribution in [-0.2, 0) is 11.8 Å². The van der Waals surface area contributed by atoms with Gasteiger partial charge in [-0.05, 0) is 29.3 Å². The van der Waals surface area contributed by atoms with Crippen molar-refractivity contribution in [3.05, 3.63) is 82.9 Å². The molecule has 1 amide bonds. The molecule has 4 rings (SSSR count). The molecule has 1 aromatic heterocycles. The van der Waals surface area contributed by atoms with Crippen LogP contribution in [0.3, 0.4) is 0 Å². The van der Waals surface area contributed by atoms with E-state index < -0.39 is 0 Å². The van der Waals surface area contributed by atoms with Crippen LogP contribution >= 0.6 is 11.6 Å². The summed E-state index contributed by atoms with van der Waals surface area (Å²) in [6, 6.07) is 12.9. The Morgan fingerprint density at radius 3 is 2.86 bits per heavy atom. The molecule has 1 atom stereocenters. The van der Waals surface area contributed by atoms with Crippen LogP contribution in [0.1, 0.15) is 23.0 Å². The second-order valence-electron chi connectivity index (χ2n) is 6.32. The number of carbonyl (C=O) groups is 1. The molecule has 1 aliphatic rings. The minimum Gasteiger partial charge on any atom is -0.454 e. The van der Waals surface area contributed by atoms with Crippen LogP contribution in [0.2, 0.25) is 5.02 Å². The highest BCUT2D eigenvalue weighted by Gasteiger charge is 2.20. The first kappa shape index (κ1) is 18.1. The molecule has 0 aliphatic carbocycles. The molecule has 0 saturated carbocycles. The van der Waals surface area contributed by atoms with Gasteiger partial charge in [0, 0.05) is 25.5 Å². The fourth-order valence-corrected chi connectivity index (χ4v) is 3.32. The smallest absolute Gasteiger partial charge is 0.244 e. The van der Waals surface area contributed by atoms with Crippen molar-refractivity contribution in [1.82, 2.24) is 14.9 Å². The normalized spacial score (nSPS) is 13.6. The van der Waals surface area contributed by atoms with E-state index in [1.165, 1.54) is 6.08 Å². The summed E-state index contributed by atoms with van der Waals surface area (Å²) in [4.78, 5) is 17.0. The predicted molar refractivity (Wildman–Crippen MR) is 106 cm³/mol. The maximum atomic E-state index is 12.6. The van der Waals surface area contributed by atoms with E-state index in [9.17, 15) is 4.79 Å². The Morgan fingerprint density at radius 2 is 2.11 bits per heavy atom. The number of aryl methyl sites for hydroxylation is 1. The standard InChI is InChI=1S/C21H18ClN3O3/c1-25-10-9-23-21(25)19(15-5-3-2-4-6-15)24-18(26)8-7-14-11-16(22)20-17(12-14)27-13-28-20/h2-12,19H,13H2,1H3,(H,24,26)/b8-7+. The Bertz CT molecular complexity index is 1030. The summed E-state index contributed by atoms with van der Waals surface area (Å²) in [5.41, 5.74) is 1.70. The lowest BCUT2D eigenvalue weighted by Gasteiger charge is -2.18. The molecule has 142 valence electrons. The van der Waals surface area contributed by atoms with Gasteiger partial charge >= 0.3 is 0 Å². The fraction of sp³-hybridized carbons (Fsp3) is 0.143. The third-order valence-corrected chi connectivity index (χ3v) is 4.69. The highest BCUT2D eigenvalue weighted by Crippen LogP contribution is 2.40. The van der Waals surface area contributed by atoms with Crippen molar-refractivity contribution in [2.45, 2.75) is 6.04 Å². The first-order chi connectivity index (χ1) is 13.6. The number of carbonyl (C=O) groups excluding carboxylic acids is 1. The molecule has 1 aliphatic heterocycles. The number of aromatic nitrogens is 2. The van der Waals surface area contributed by atoms with Crippen LogP contribution < -0.4 is 14.8 Å². The van der Waals surface area contributed by atoms with Gasteiger partial charge in [-0.2, -0.15) is 0 Å². The van der Waals surface area contributed by atoms with E-state index in [-0.39, 0.29) is 18.7 Å². The number of rotatable bonds is 5. The molecule has 0 bridgehead atoms. The van der Waals surface area contributed by atoms with Crippen LogP contribution in [0.15, 0.2) is 60.9 Å². The van der Waals surface area contributed by atoms with Crippen molar-refractivity contribution >= 4 is 23.6 Å². The maximum Gasteiger partial charge on any atom is 0.244 e. The summed E-state index contributed by atoms with van der Waals surface area (Å²) in [5.74, 6) is 1.61. The van der Waals surface area contributed by atoms with Gasteiger partial charge in [-0.15, -0.1) is 0 Å². The Morgan fingerprint density at radius 1 is 1.29 bits per heavy atom. The van der Waals surface area contributed by atoms with E-state index in [0.29, 0.717) is 16.5 Å². The van der Waals surface area contributed by atoms with Gasteiger partial charge < -0.3 is 19.4 Å². The molecular formula is C21H18ClN3O3. The number of nitrogens with zero attached hydrogens (tertiary/aromatic N) is 2. The Hall–Kier alpha value is -3.25. The van der Waals surface area contributed by atoms with Crippen molar-refractivity contribution in [3.63, 3.8) is 0 Å². The van der Waals surface area contributed by atoms with Gasteiger partial charge in [0.2, 0.25) is 12.7 Å². The third-order valence-electron chi connectivity index (χ3n) is 4.41.